The Morgan fingerprint density at radius 1 is 1.54 bits per heavy atom. The maximum Gasteiger partial charge on any atom is 0.339 e. The molecular weight excluding hydrogens is 462 g/mol. The quantitative estimate of drug-likeness (QED) is 0.300. The molecule has 0 saturated carbocycles. The average Bonchev–Trinajstić information content (AvgIpc) is 2.80. The lowest BCUT2D eigenvalue weighted by atomic mass is 10.2. The molecule has 1 saturated heterocycles. The molecule has 1 aliphatic rings. The third-order valence-corrected chi connectivity index (χ3v) is 5.21. The first kappa shape index (κ1) is 19.3. The van der Waals surface area contributed by atoms with Gasteiger partial charge in [0, 0.05) is 12.6 Å². The maximum absolute atomic E-state index is 11.8. The summed E-state index contributed by atoms with van der Waals surface area (Å²) in [5.74, 6) is -1.50. The highest BCUT2D eigenvalue weighted by molar-refractivity contribution is 14.1. The van der Waals surface area contributed by atoms with Crippen LogP contribution in [0.2, 0.25) is 0 Å². The number of carboxylic acid groups (broad SMARTS) is 1. The van der Waals surface area contributed by atoms with Crippen molar-refractivity contribution in [2.24, 2.45) is 0 Å². The van der Waals surface area contributed by atoms with Crippen molar-refractivity contribution in [3.05, 3.63) is 30.6 Å². The Kier molecular flexibility index (Phi) is 5.99. The van der Waals surface area contributed by atoms with E-state index in [0.29, 0.717) is 0 Å². The lowest BCUT2D eigenvalue weighted by molar-refractivity contribution is -0.134. The fraction of sp³-hybridized carbons (Fsp3) is 0.545. The zero-order valence-corrected chi connectivity index (χ0v) is 15.0. The first-order valence-corrected chi connectivity index (χ1v) is 9.46. The summed E-state index contributed by atoms with van der Waals surface area (Å²) in [6, 6.07) is 0. The van der Waals surface area contributed by atoms with Crippen LogP contribution in [0.3, 0.4) is 0 Å². The van der Waals surface area contributed by atoms with Crippen LogP contribution in [0.25, 0.3) is 0 Å². The summed E-state index contributed by atoms with van der Waals surface area (Å²) in [6.07, 6.45) is -2.84. The molecule has 0 amide bonds. The van der Waals surface area contributed by atoms with Gasteiger partial charge in [-0.05, 0) is 22.6 Å². The number of hydrogen-bond donors (Lipinski definition) is 4. The zero-order valence-electron chi connectivity index (χ0n) is 12.0. The highest BCUT2D eigenvalue weighted by Crippen LogP contribution is 2.42. The number of rotatable bonds is 6. The summed E-state index contributed by atoms with van der Waals surface area (Å²) in [6.45, 7) is -0.520. The number of hydrogen-bond acceptors (Lipinski definition) is 7. The molecule has 1 aliphatic heterocycles. The van der Waals surface area contributed by atoms with E-state index in [1.807, 2.05) is 0 Å². The van der Waals surface area contributed by atoms with Crippen molar-refractivity contribution < 1.29 is 33.7 Å². The number of nitrogens with zero attached hydrogens (tertiary/aromatic N) is 1. The molecule has 4 N–H and O–H groups in total. The van der Waals surface area contributed by atoms with E-state index in [1.165, 1.54) is 6.20 Å². The Labute approximate surface area is 147 Å². The van der Waals surface area contributed by atoms with E-state index < -0.39 is 56.0 Å². The van der Waals surface area contributed by atoms with E-state index in [4.69, 9.17) is 9.84 Å². The van der Waals surface area contributed by atoms with Crippen LogP contribution in [-0.4, -0.2) is 55.6 Å². The number of aliphatic hydroxyl groups is 1. The Hall–Kier alpha value is -1.05. The van der Waals surface area contributed by atoms with Gasteiger partial charge in [0.1, 0.15) is 18.5 Å². The number of H-pyrrole nitrogens is 1. The van der Waals surface area contributed by atoms with Gasteiger partial charge in [0.05, 0.1) is 16.3 Å². The van der Waals surface area contributed by atoms with Gasteiger partial charge < -0.3 is 24.4 Å². The third-order valence-electron chi connectivity index (χ3n) is 3.21. The smallest absolute Gasteiger partial charge is 0.339 e. The van der Waals surface area contributed by atoms with Gasteiger partial charge >= 0.3 is 19.3 Å². The normalized spacial score (nSPS) is 26.2. The summed E-state index contributed by atoms with van der Waals surface area (Å²) < 4.78 is 22.9. The Bertz CT molecular complexity index is 790. The molecule has 2 rings (SSSR count). The van der Waals surface area contributed by atoms with E-state index in [-0.39, 0.29) is 9.99 Å². The topological polar surface area (TPSA) is 168 Å². The van der Waals surface area contributed by atoms with Crippen LogP contribution in [0, 0.1) is 3.57 Å². The Morgan fingerprint density at radius 3 is 2.83 bits per heavy atom. The number of carboxylic acids is 1. The second kappa shape index (κ2) is 7.45. The predicted molar refractivity (Wildman–Crippen MR) is 86.9 cm³/mol. The molecule has 134 valence electrons. The minimum atomic E-state index is -4.35. The molecule has 0 bridgehead atoms. The van der Waals surface area contributed by atoms with Gasteiger partial charge in [0.2, 0.25) is 0 Å². The summed E-state index contributed by atoms with van der Waals surface area (Å²) in [5.41, 5.74) is -1.27. The SMILES string of the molecule is O=C(O)CP(=O)(O)OC[C@H]1O[C@@H](n2cc(I)c(=O)[nH]c2=O)C[C@@H]1O. The number of aliphatic hydroxyl groups excluding tert-OH is 1. The van der Waals surface area contributed by atoms with Gasteiger partial charge in [0.25, 0.3) is 5.56 Å². The highest BCUT2D eigenvalue weighted by Gasteiger charge is 2.37. The highest BCUT2D eigenvalue weighted by atomic mass is 127. The average molecular weight is 476 g/mol. The summed E-state index contributed by atoms with van der Waals surface area (Å²) in [7, 11) is -4.35. The molecule has 2 heterocycles. The summed E-state index contributed by atoms with van der Waals surface area (Å²) in [5, 5.41) is 18.4. The molecule has 0 aliphatic carbocycles. The molecule has 11 nitrogen and oxygen atoms in total. The van der Waals surface area contributed by atoms with Crippen LogP contribution in [0.1, 0.15) is 12.6 Å². The van der Waals surface area contributed by atoms with Crippen molar-refractivity contribution in [1.29, 1.82) is 0 Å². The van der Waals surface area contributed by atoms with Crippen molar-refractivity contribution in [1.82, 2.24) is 9.55 Å². The second-order valence-corrected chi connectivity index (χ2v) is 8.07. The van der Waals surface area contributed by atoms with Crippen LogP contribution >= 0.6 is 30.2 Å². The predicted octanol–water partition coefficient (Wildman–Crippen LogP) is -0.924. The Balaban J connectivity index is 2.06. The number of aromatic amines is 1. The number of carbonyl (C=O) groups is 1. The van der Waals surface area contributed by atoms with Crippen LogP contribution in [-0.2, 0) is 18.6 Å². The molecule has 4 atom stereocenters. The van der Waals surface area contributed by atoms with Gasteiger partial charge in [-0.15, -0.1) is 0 Å². The third kappa shape index (κ3) is 4.74. The monoisotopic (exact) mass is 476 g/mol. The van der Waals surface area contributed by atoms with Crippen molar-refractivity contribution in [3.63, 3.8) is 0 Å². The molecule has 0 spiro atoms. The van der Waals surface area contributed by atoms with Gasteiger partial charge in [-0.1, -0.05) is 0 Å². The van der Waals surface area contributed by atoms with Crippen LogP contribution in [0.4, 0.5) is 0 Å². The van der Waals surface area contributed by atoms with Crippen molar-refractivity contribution >= 4 is 36.2 Å². The summed E-state index contributed by atoms with van der Waals surface area (Å²) >= 11 is 1.73. The number of aliphatic carboxylic acids is 1. The van der Waals surface area contributed by atoms with Crippen LogP contribution in [0.15, 0.2) is 15.8 Å². The first-order valence-electron chi connectivity index (χ1n) is 6.61. The molecule has 0 aromatic carbocycles. The van der Waals surface area contributed by atoms with E-state index in [2.05, 4.69) is 9.51 Å². The first-order chi connectivity index (χ1) is 11.1. The fourth-order valence-electron chi connectivity index (χ4n) is 2.12. The second-order valence-electron chi connectivity index (χ2n) is 5.06. The summed E-state index contributed by atoms with van der Waals surface area (Å²) in [4.78, 5) is 45.0. The van der Waals surface area contributed by atoms with Crippen molar-refractivity contribution in [2.45, 2.75) is 24.9 Å². The van der Waals surface area contributed by atoms with E-state index in [0.717, 1.165) is 4.57 Å². The Morgan fingerprint density at radius 2 is 2.21 bits per heavy atom. The fourth-order valence-corrected chi connectivity index (χ4v) is 3.36. The standard InChI is InChI=1S/C11H14IN2O9P/c12-5-2-14(11(19)13-10(5)18)8-1-6(15)7(23-8)3-22-24(20,21)4-9(16)17/h2,6-8,15H,1,3-4H2,(H,16,17)(H,20,21)(H,13,18,19)/t6-,7+,8+/m0/s1. The molecular formula is C11H14IN2O9P. The van der Waals surface area contributed by atoms with Crippen LogP contribution in [0.5, 0.6) is 0 Å². The van der Waals surface area contributed by atoms with Gasteiger partial charge in [-0.2, -0.15) is 0 Å². The minimum absolute atomic E-state index is 0.00921. The molecule has 1 aromatic heterocycles. The number of halogens is 1. The van der Waals surface area contributed by atoms with Gasteiger partial charge in [-0.3, -0.25) is 23.7 Å². The zero-order chi connectivity index (χ0) is 18.1. The molecule has 13 heteroatoms. The van der Waals surface area contributed by atoms with Crippen molar-refractivity contribution in [3.8, 4) is 0 Å². The lowest BCUT2D eigenvalue weighted by Gasteiger charge is -2.17. The molecule has 0 radical (unpaired) electrons. The number of aromatic nitrogens is 2. The van der Waals surface area contributed by atoms with Gasteiger partial charge in [0.15, 0.2) is 0 Å². The molecule has 1 aromatic rings. The molecule has 1 unspecified atom stereocenters. The van der Waals surface area contributed by atoms with Gasteiger partial charge in [-0.25, -0.2) is 4.79 Å². The maximum atomic E-state index is 11.8. The van der Waals surface area contributed by atoms with Crippen molar-refractivity contribution in [2.75, 3.05) is 12.8 Å². The largest absolute Gasteiger partial charge is 0.481 e. The van der Waals surface area contributed by atoms with E-state index in [9.17, 15) is 28.9 Å². The number of ether oxygens (including phenoxy) is 1. The van der Waals surface area contributed by atoms with E-state index >= 15 is 0 Å². The van der Waals surface area contributed by atoms with E-state index in [1.54, 1.807) is 22.6 Å². The molecule has 24 heavy (non-hydrogen) atoms. The molecule has 1 fully saturated rings. The van der Waals surface area contributed by atoms with Crippen LogP contribution < -0.4 is 11.2 Å². The number of nitrogens with one attached hydrogen (secondary N) is 1. The minimum Gasteiger partial charge on any atom is -0.481 e. The lowest BCUT2D eigenvalue weighted by Crippen LogP contribution is -2.33.